The molecule has 1 aromatic carbocycles. The van der Waals surface area contributed by atoms with Crippen molar-refractivity contribution in [3.63, 3.8) is 0 Å². The van der Waals surface area contributed by atoms with Gasteiger partial charge in [0.2, 0.25) is 5.91 Å². The molecule has 8 nitrogen and oxygen atoms in total. The Morgan fingerprint density at radius 1 is 1.30 bits per heavy atom. The molecule has 1 aliphatic rings. The summed E-state index contributed by atoms with van der Waals surface area (Å²) >= 11 is 0. The molecule has 1 aromatic rings. The van der Waals surface area contributed by atoms with Gasteiger partial charge in [0, 0.05) is 0 Å². The number of nitrogens with one attached hydrogen (secondary N) is 2. The fourth-order valence-corrected chi connectivity index (χ4v) is 2.87. The van der Waals surface area contributed by atoms with Crippen LogP contribution in [0.15, 0.2) is 24.3 Å². The van der Waals surface area contributed by atoms with Crippen LogP contribution in [0.1, 0.15) is 38.7 Å². The number of rotatable bonds is 8. The summed E-state index contributed by atoms with van der Waals surface area (Å²) in [6.07, 6.45) is 1.64. The summed E-state index contributed by atoms with van der Waals surface area (Å²) in [6, 6.07) is 3.23. The van der Waals surface area contributed by atoms with Gasteiger partial charge in [0.1, 0.15) is 23.9 Å². The number of imide groups is 1. The van der Waals surface area contributed by atoms with Crippen molar-refractivity contribution in [2.75, 3.05) is 6.54 Å². The lowest BCUT2D eigenvalue weighted by atomic mass is 9.92. The van der Waals surface area contributed by atoms with Gasteiger partial charge in [0.25, 0.3) is 5.91 Å². The van der Waals surface area contributed by atoms with Gasteiger partial charge in [-0.15, -0.1) is 0 Å². The van der Waals surface area contributed by atoms with Crippen LogP contribution in [0.25, 0.3) is 0 Å². The third-order valence-corrected chi connectivity index (χ3v) is 4.48. The molecule has 27 heavy (non-hydrogen) atoms. The van der Waals surface area contributed by atoms with E-state index in [0.717, 1.165) is 11.3 Å². The Morgan fingerprint density at radius 2 is 1.93 bits per heavy atom. The van der Waals surface area contributed by atoms with Crippen LogP contribution in [-0.4, -0.2) is 46.4 Å². The lowest BCUT2D eigenvalue weighted by Gasteiger charge is -2.22. The first kappa shape index (κ1) is 20.3. The Hall–Kier alpha value is -2.97. The zero-order valence-corrected chi connectivity index (χ0v) is 15.1. The van der Waals surface area contributed by atoms with Gasteiger partial charge in [-0.3, -0.25) is 14.5 Å². The average molecular weight is 379 g/mol. The van der Waals surface area contributed by atoms with Crippen LogP contribution in [-0.2, 0) is 19.9 Å². The van der Waals surface area contributed by atoms with Crippen LogP contribution in [0.3, 0.4) is 0 Å². The standard InChI is InChI=1S/C18H22FN3O5/c1-3-4-5-13(15(24)25)20-14(23)10-22-16(26)18(2,21-17(22)27)11-6-8-12(19)9-7-11/h6-9,13H,3-5,10H2,1-2H3,(H,20,23)(H,21,27)(H,24,25)/t13-,18?/m0/s1. The number of hydrogen-bond donors (Lipinski definition) is 3. The molecule has 1 heterocycles. The summed E-state index contributed by atoms with van der Waals surface area (Å²) in [6.45, 7) is 2.75. The van der Waals surface area contributed by atoms with Crippen molar-refractivity contribution in [1.29, 1.82) is 0 Å². The van der Waals surface area contributed by atoms with Gasteiger partial charge >= 0.3 is 12.0 Å². The number of hydrogen-bond acceptors (Lipinski definition) is 4. The number of nitrogens with zero attached hydrogens (tertiary/aromatic N) is 1. The molecule has 1 saturated heterocycles. The number of carbonyl (C=O) groups is 4. The Balaban J connectivity index is 2.09. The molecule has 1 fully saturated rings. The smallest absolute Gasteiger partial charge is 0.326 e. The molecule has 4 amide bonds. The summed E-state index contributed by atoms with van der Waals surface area (Å²) in [5.74, 6) is -3.08. The Labute approximate surface area is 155 Å². The zero-order chi connectivity index (χ0) is 20.2. The molecule has 0 spiro atoms. The molecule has 1 aliphatic heterocycles. The van der Waals surface area contributed by atoms with E-state index in [0.29, 0.717) is 12.0 Å². The molecule has 2 atom stereocenters. The second-order valence-corrected chi connectivity index (χ2v) is 6.55. The highest BCUT2D eigenvalue weighted by Crippen LogP contribution is 2.28. The molecule has 1 unspecified atom stereocenters. The predicted octanol–water partition coefficient (Wildman–Crippen LogP) is 1.35. The Kier molecular flexibility index (Phi) is 6.14. The molecule has 0 aliphatic carbocycles. The number of aliphatic carboxylic acids is 1. The number of halogens is 1. The third-order valence-electron chi connectivity index (χ3n) is 4.48. The van der Waals surface area contributed by atoms with Gasteiger partial charge in [-0.25, -0.2) is 14.0 Å². The number of unbranched alkanes of at least 4 members (excludes halogenated alkanes) is 1. The van der Waals surface area contributed by atoms with Gasteiger partial charge in [-0.2, -0.15) is 0 Å². The quantitative estimate of drug-likeness (QED) is 0.590. The van der Waals surface area contributed by atoms with E-state index in [1.165, 1.54) is 31.2 Å². The maximum Gasteiger partial charge on any atom is 0.326 e. The minimum Gasteiger partial charge on any atom is -0.480 e. The van der Waals surface area contributed by atoms with E-state index in [2.05, 4.69) is 10.6 Å². The van der Waals surface area contributed by atoms with Gasteiger partial charge in [0.05, 0.1) is 0 Å². The molecule has 0 bridgehead atoms. The largest absolute Gasteiger partial charge is 0.480 e. The first-order valence-corrected chi connectivity index (χ1v) is 8.61. The summed E-state index contributed by atoms with van der Waals surface area (Å²) in [7, 11) is 0. The van der Waals surface area contributed by atoms with Crippen LogP contribution in [0.5, 0.6) is 0 Å². The molecule has 146 valence electrons. The van der Waals surface area contributed by atoms with Gasteiger partial charge in [0.15, 0.2) is 0 Å². The van der Waals surface area contributed by atoms with E-state index < -0.39 is 47.8 Å². The molecule has 0 radical (unpaired) electrons. The lowest BCUT2D eigenvalue weighted by molar-refractivity contribution is -0.142. The van der Waals surface area contributed by atoms with E-state index in [-0.39, 0.29) is 6.42 Å². The van der Waals surface area contributed by atoms with Crippen molar-refractivity contribution in [3.8, 4) is 0 Å². The highest BCUT2D eigenvalue weighted by atomic mass is 19.1. The molecule has 3 N–H and O–H groups in total. The summed E-state index contributed by atoms with van der Waals surface area (Å²) in [4.78, 5) is 49.0. The fourth-order valence-electron chi connectivity index (χ4n) is 2.87. The fraction of sp³-hybridized carbons (Fsp3) is 0.444. The Bertz CT molecular complexity index is 752. The van der Waals surface area contributed by atoms with Crippen molar-refractivity contribution >= 4 is 23.8 Å². The summed E-state index contributed by atoms with van der Waals surface area (Å²) < 4.78 is 13.1. The minimum absolute atomic E-state index is 0.255. The first-order valence-electron chi connectivity index (χ1n) is 8.61. The first-order chi connectivity index (χ1) is 12.7. The average Bonchev–Trinajstić information content (AvgIpc) is 2.83. The van der Waals surface area contributed by atoms with Crippen LogP contribution in [0, 0.1) is 5.82 Å². The third kappa shape index (κ3) is 4.42. The number of carbonyl (C=O) groups excluding carboxylic acids is 3. The van der Waals surface area contributed by atoms with Gasteiger partial charge < -0.3 is 15.7 Å². The van der Waals surface area contributed by atoms with Gasteiger partial charge in [-0.05, 0) is 31.0 Å². The van der Waals surface area contributed by atoms with Crippen molar-refractivity contribution < 1.29 is 28.7 Å². The molecular formula is C18H22FN3O5. The van der Waals surface area contributed by atoms with Crippen molar-refractivity contribution in [1.82, 2.24) is 15.5 Å². The van der Waals surface area contributed by atoms with E-state index in [9.17, 15) is 23.6 Å². The second-order valence-electron chi connectivity index (χ2n) is 6.55. The van der Waals surface area contributed by atoms with Crippen LogP contribution < -0.4 is 10.6 Å². The number of amides is 4. The normalized spacial score (nSPS) is 20.3. The second kappa shape index (κ2) is 8.15. The Morgan fingerprint density at radius 3 is 2.48 bits per heavy atom. The lowest BCUT2D eigenvalue weighted by Crippen LogP contribution is -2.47. The molecular weight excluding hydrogens is 357 g/mol. The monoisotopic (exact) mass is 379 g/mol. The van der Waals surface area contributed by atoms with Gasteiger partial charge in [-0.1, -0.05) is 31.9 Å². The SMILES string of the molecule is CCCC[C@H](NC(=O)CN1C(=O)NC(C)(c2ccc(F)cc2)C1=O)C(=O)O. The molecule has 2 rings (SSSR count). The predicted molar refractivity (Wildman–Crippen MR) is 93.1 cm³/mol. The number of benzene rings is 1. The summed E-state index contributed by atoms with van der Waals surface area (Å²) in [5.41, 5.74) is -1.06. The topological polar surface area (TPSA) is 116 Å². The number of carboxylic acids is 1. The number of urea groups is 1. The number of carboxylic acid groups (broad SMARTS) is 1. The van der Waals surface area contributed by atoms with E-state index in [1.807, 2.05) is 6.92 Å². The van der Waals surface area contributed by atoms with Crippen LogP contribution in [0.2, 0.25) is 0 Å². The van der Waals surface area contributed by atoms with Crippen LogP contribution >= 0.6 is 0 Å². The van der Waals surface area contributed by atoms with E-state index >= 15 is 0 Å². The maximum absolute atomic E-state index is 13.1. The zero-order valence-electron chi connectivity index (χ0n) is 15.1. The maximum atomic E-state index is 13.1. The highest BCUT2D eigenvalue weighted by Gasteiger charge is 2.49. The van der Waals surface area contributed by atoms with Crippen molar-refractivity contribution in [2.24, 2.45) is 0 Å². The molecule has 0 saturated carbocycles. The molecule has 0 aromatic heterocycles. The van der Waals surface area contributed by atoms with Crippen molar-refractivity contribution in [3.05, 3.63) is 35.6 Å². The van der Waals surface area contributed by atoms with Crippen molar-refractivity contribution in [2.45, 2.75) is 44.7 Å². The molecule has 9 heteroatoms. The summed E-state index contributed by atoms with van der Waals surface area (Å²) in [5, 5.41) is 14.0. The minimum atomic E-state index is -1.43. The van der Waals surface area contributed by atoms with E-state index in [1.54, 1.807) is 0 Å². The van der Waals surface area contributed by atoms with Crippen LogP contribution in [0.4, 0.5) is 9.18 Å². The highest BCUT2D eigenvalue weighted by molar-refractivity contribution is 6.09. The van der Waals surface area contributed by atoms with E-state index in [4.69, 9.17) is 5.11 Å².